The molecule has 0 N–H and O–H groups in total. The van der Waals surface area contributed by atoms with Gasteiger partial charge in [-0.15, -0.1) is 0 Å². The Kier molecular flexibility index (Phi) is 5.73. The molecule has 0 saturated carbocycles. The number of hydrogen-bond donors (Lipinski definition) is 0. The maximum Gasteiger partial charge on any atom is 0.241 e. The fraction of sp³-hybridized carbons (Fsp3) is 0.571. The normalized spacial score (nSPS) is 21.8. The number of nitrogens with zero attached hydrogens (tertiary/aromatic N) is 5. The predicted octanol–water partition coefficient (Wildman–Crippen LogP) is 2.03. The first-order valence-corrected chi connectivity index (χ1v) is 10.2. The number of hydrogen-bond acceptors (Lipinski definition) is 6. The van der Waals surface area contributed by atoms with Gasteiger partial charge in [0.1, 0.15) is 0 Å². The zero-order valence-corrected chi connectivity index (χ0v) is 16.8. The van der Waals surface area contributed by atoms with Crippen molar-refractivity contribution in [3.8, 4) is 11.4 Å². The van der Waals surface area contributed by atoms with Crippen LogP contribution in [0, 0.1) is 12.8 Å². The van der Waals surface area contributed by atoms with E-state index in [4.69, 9.17) is 4.52 Å². The average molecular weight is 383 g/mol. The van der Waals surface area contributed by atoms with Gasteiger partial charge >= 0.3 is 0 Å². The predicted molar refractivity (Wildman–Crippen MR) is 107 cm³/mol. The Hall–Kier alpha value is -2.25. The van der Waals surface area contributed by atoms with Gasteiger partial charge in [-0.3, -0.25) is 9.69 Å². The number of likely N-dealkylation sites (tertiary alicyclic amines) is 1. The van der Waals surface area contributed by atoms with Crippen molar-refractivity contribution in [1.29, 1.82) is 0 Å². The molecule has 2 aliphatic heterocycles. The van der Waals surface area contributed by atoms with E-state index >= 15 is 0 Å². The number of carbonyl (C=O) groups excluding carboxylic acids is 1. The third-order valence-electron chi connectivity index (χ3n) is 5.77. The third-order valence-corrected chi connectivity index (χ3v) is 5.77. The fourth-order valence-corrected chi connectivity index (χ4v) is 4.10. The number of aryl methyl sites for hydroxylation is 1. The number of piperidine rings is 1. The van der Waals surface area contributed by atoms with Crippen LogP contribution < -0.4 is 0 Å². The average Bonchev–Trinajstić information content (AvgIpc) is 3.17. The highest BCUT2D eigenvalue weighted by molar-refractivity contribution is 5.79. The first kappa shape index (κ1) is 19.1. The first-order valence-electron chi connectivity index (χ1n) is 10.2. The van der Waals surface area contributed by atoms with Gasteiger partial charge in [-0.05, 0) is 39.4 Å². The Labute approximate surface area is 166 Å². The molecule has 1 unspecified atom stereocenters. The summed E-state index contributed by atoms with van der Waals surface area (Å²) in [7, 11) is 2.11. The lowest BCUT2D eigenvalue weighted by atomic mass is 9.96. The van der Waals surface area contributed by atoms with E-state index in [9.17, 15) is 4.79 Å². The molecule has 2 saturated heterocycles. The van der Waals surface area contributed by atoms with Crippen LogP contribution in [0.15, 0.2) is 28.8 Å². The Bertz CT molecular complexity index is 813. The van der Waals surface area contributed by atoms with E-state index in [1.165, 1.54) is 5.56 Å². The van der Waals surface area contributed by atoms with Crippen molar-refractivity contribution in [2.45, 2.75) is 26.3 Å². The zero-order valence-electron chi connectivity index (χ0n) is 16.8. The van der Waals surface area contributed by atoms with Gasteiger partial charge in [0, 0.05) is 38.3 Å². The standard InChI is InChI=1S/C21H29N5O2/c1-16-5-3-6-17(13-16)20-22-19(28-23-20)15-25-8-4-7-18(14-25)21(27)26-11-9-24(2)10-12-26/h3,5-6,13,18H,4,7-12,14-15H2,1-2H3. The van der Waals surface area contributed by atoms with Crippen molar-refractivity contribution in [1.82, 2.24) is 24.8 Å². The molecule has 0 spiro atoms. The molecular weight excluding hydrogens is 354 g/mol. The van der Waals surface area contributed by atoms with Crippen molar-refractivity contribution in [3.63, 3.8) is 0 Å². The van der Waals surface area contributed by atoms with Crippen molar-refractivity contribution < 1.29 is 9.32 Å². The lowest BCUT2D eigenvalue weighted by Crippen LogP contribution is -2.51. The van der Waals surface area contributed by atoms with Gasteiger partial charge in [-0.25, -0.2) is 0 Å². The number of rotatable bonds is 4. The number of carbonyl (C=O) groups is 1. The summed E-state index contributed by atoms with van der Waals surface area (Å²) in [5, 5.41) is 4.14. The molecule has 0 bridgehead atoms. The van der Waals surface area contributed by atoms with Gasteiger partial charge in [0.05, 0.1) is 12.5 Å². The van der Waals surface area contributed by atoms with E-state index < -0.39 is 0 Å². The van der Waals surface area contributed by atoms with Gasteiger partial charge in [0.15, 0.2) is 0 Å². The summed E-state index contributed by atoms with van der Waals surface area (Å²) in [4.78, 5) is 24.1. The Morgan fingerprint density at radius 3 is 2.82 bits per heavy atom. The monoisotopic (exact) mass is 383 g/mol. The van der Waals surface area contributed by atoms with Crippen LogP contribution in [-0.4, -0.2) is 77.1 Å². The van der Waals surface area contributed by atoms with E-state index in [2.05, 4.69) is 46.0 Å². The highest BCUT2D eigenvalue weighted by Crippen LogP contribution is 2.22. The number of likely N-dealkylation sites (N-methyl/N-ethyl adjacent to an activating group) is 1. The van der Waals surface area contributed by atoms with Gasteiger partial charge in [0.2, 0.25) is 17.6 Å². The molecule has 2 aliphatic rings. The van der Waals surface area contributed by atoms with Gasteiger partial charge < -0.3 is 14.3 Å². The maximum atomic E-state index is 12.9. The number of amides is 1. The van der Waals surface area contributed by atoms with Gasteiger partial charge in [-0.2, -0.15) is 4.98 Å². The summed E-state index contributed by atoms with van der Waals surface area (Å²) >= 11 is 0. The van der Waals surface area contributed by atoms with E-state index in [1.54, 1.807) is 0 Å². The Morgan fingerprint density at radius 2 is 2.04 bits per heavy atom. The van der Waals surface area contributed by atoms with E-state index in [-0.39, 0.29) is 5.92 Å². The fourth-order valence-electron chi connectivity index (χ4n) is 4.10. The second kappa shape index (κ2) is 8.41. The number of piperazine rings is 1. The van der Waals surface area contributed by atoms with Crippen LogP contribution in [0.25, 0.3) is 11.4 Å². The molecule has 3 heterocycles. The summed E-state index contributed by atoms with van der Waals surface area (Å²) in [5.41, 5.74) is 2.14. The highest BCUT2D eigenvalue weighted by Gasteiger charge is 2.31. The minimum absolute atomic E-state index is 0.0799. The maximum absolute atomic E-state index is 12.9. The Balaban J connectivity index is 1.36. The van der Waals surface area contributed by atoms with Crippen LogP contribution in [0.2, 0.25) is 0 Å². The van der Waals surface area contributed by atoms with Crippen LogP contribution in [0.5, 0.6) is 0 Å². The van der Waals surface area contributed by atoms with E-state index in [1.807, 2.05) is 17.0 Å². The summed E-state index contributed by atoms with van der Waals surface area (Å²) < 4.78 is 5.48. The summed E-state index contributed by atoms with van der Waals surface area (Å²) in [5.74, 6) is 1.63. The second-order valence-electron chi connectivity index (χ2n) is 8.08. The quantitative estimate of drug-likeness (QED) is 0.805. The first-order chi connectivity index (χ1) is 13.6. The number of benzene rings is 1. The lowest BCUT2D eigenvalue weighted by molar-refractivity contribution is -0.139. The third kappa shape index (κ3) is 4.42. The molecule has 1 atom stereocenters. The van der Waals surface area contributed by atoms with Gasteiger partial charge in [-0.1, -0.05) is 28.9 Å². The van der Waals surface area contributed by atoms with Crippen molar-refractivity contribution in [2.75, 3.05) is 46.3 Å². The minimum Gasteiger partial charge on any atom is -0.340 e. The minimum atomic E-state index is 0.0799. The molecule has 7 nitrogen and oxygen atoms in total. The van der Waals surface area contributed by atoms with Crippen LogP contribution in [0.3, 0.4) is 0 Å². The van der Waals surface area contributed by atoms with Crippen molar-refractivity contribution in [3.05, 3.63) is 35.7 Å². The van der Waals surface area contributed by atoms with Crippen LogP contribution >= 0.6 is 0 Å². The molecule has 0 aliphatic carbocycles. The molecule has 150 valence electrons. The highest BCUT2D eigenvalue weighted by atomic mass is 16.5. The molecule has 2 aromatic rings. The largest absolute Gasteiger partial charge is 0.340 e. The molecule has 1 amide bonds. The van der Waals surface area contributed by atoms with E-state index in [0.717, 1.165) is 57.7 Å². The summed E-state index contributed by atoms with van der Waals surface area (Å²) in [6.07, 6.45) is 2.00. The Morgan fingerprint density at radius 1 is 1.21 bits per heavy atom. The second-order valence-corrected chi connectivity index (χ2v) is 8.08. The van der Waals surface area contributed by atoms with Crippen LogP contribution in [-0.2, 0) is 11.3 Å². The molecule has 1 aromatic heterocycles. The van der Waals surface area contributed by atoms with E-state index in [0.29, 0.717) is 24.2 Å². The van der Waals surface area contributed by atoms with Crippen molar-refractivity contribution in [2.24, 2.45) is 5.92 Å². The molecule has 1 aromatic carbocycles. The molecule has 28 heavy (non-hydrogen) atoms. The van der Waals surface area contributed by atoms with Crippen molar-refractivity contribution >= 4 is 5.91 Å². The molecule has 0 radical (unpaired) electrons. The molecular formula is C21H29N5O2. The topological polar surface area (TPSA) is 65.7 Å². The summed E-state index contributed by atoms with van der Waals surface area (Å²) in [6.45, 7) is 8.01. The smallest absolute Gasteiger partial charge is 0.241 e. The SMILES string of the molecule is Cc1cccc(-c2noc(CN3CCCC(C(=O)N4CCN(C)CC4)C3)n2)c1. The molecule has 2 fully saturated rings. The zero-order chi connectivity index (χ0) is 19.5. The lowest BCUT2D eigenvalue weighted by Gasteiger charge is -2.37. The number of aromatic nitrogens is 2. The molecule has 7 heteroatoms. The van der Waals surface area contributed by atoms with Gasteiger partial charge in [0.25, 0.3) is 0 Å². The molecule has 4 rings (SSSR count). The summed E-state index contributed by atoms with van der Waals surface area (Å²) in [6, 6.07) is 8.10. The van der Waals surface area contributed by atoms with Crippen LogP contribution in [0.1, 0.15) is 24.3 Å². The van der Waals surface area contributed by atoms with Crippen LogP contribution in [0.4, 0.5) is 0 Å².